The Balaban J connectivity index is 1.35. The maximum atomic E-state index is 6.08. The van der Waals surface area contributed by atoms with Gasteiger partial charge in [0, 0.05) is 38.4 Å². The highest BCUT2D eigenvalue weighted by atomic mass is 16.3. The van der Waals surface area contributed by atoms with Crippen molar-refractivity contribution < 1.29 is 4.42 Å². The SMILES string of the molecule is CC1(C)c2ccccc2-c2nc(-c3ccccc3)nc(-c3cccc(-c4ccc5oc6ccccc6c5c4)c3)c21. The van der Waals surface area contributed by atoms with Crippen molar-refractivity contribution in [2.45, 2.75) is 19.3 Å². The molecular formula is C37H26N2O. The summed E-state index contributed by atoms with van der Waals surface area (Å²) in [4.78, 5) is 10.4. The summed E-state index contributed by atoms with van der Waals surface area (Å²) in [7, 11) is 0. The van der Waals surface area contributed by atoms with E-state index in [0.29, 0.717) is 0 Å². The van der Waals surface area contributed by atoms with Crippen LogP contribution in [0.5, 0.6) is 0 Å². The first-order valence-corrected chi connectivity index (χ1v) is 13.7. The summed E-state index contributed by atoms with van der Waals surface area (Å²) in [5, 5.41) is 2.26. The Kier molecular flexibility index (Phi) is 4.86. The Labute approximate surface area is 232 Å². The molecule has 7 aromatic rings. The second-order valence-electron chi connectivity index (χ2n) is 11.0. The first kappa shape index (κ1) is 22.9. The lowest BCUT2D eigenvalue weighted by atomic mass is 9.80. The van der Waals surface area contributed by atoms with Crippen molar-refractivity contribution in [2.24, 2.45) is 0 Å². The molecule has 190 valence electrons. The highest BCUT2D eigenvalue weighted by molar-refractivity contribution is 6.06. The summed E-state index contributed by atoms with van der Waals surface area (Å²) >= 11 is 0. The van der Waals surface area contributed by atoms with Gasteiger partial charge in [-0.3, -0.25) is 0 Å². The van der Waals surface area contributed by atoms with Crippen molar-refractivity contribution in [3.8, 4) is 45.0 Å². The third kappa shape index (κ3) is 3.37. The van der Waals surface area contributed by atoms with Crippen LogP contribution in [0, 0.1) is 0 Å². The molecule has 8 rings (SSSR count). The third-order valence-electron chi connectivity index (χ3n) is 8.27. The summed E-state index contributed by atoms with van der Waals surface area (Å²) in [6.45, 7) is 4.57. The molecule has 0 radical (unpaired) electrons. The van der Waals surface area contributed by atoms with Gasteiger partial charge in [0.25, 0.3) is 0 Å². The number of rotatable bonds is 3. The fourth-order valence-electron chi connectivity index (χ4n) is 6.29. The summed E-state index contributed by atoms with van der Waals surface area (Å²) < 4.78 is 6.08. The second kappa shape index (κ2) is 8.49. The first-order valence-electron chi connectivity index (χ1n) is 13.7. The van der Waals surface area contributed by atoms with Crippen molar-refractivity contribution in [1.82, 2.24) is 9.97 Å². The highest BCUT2D eigenvalue weighted by Gasteiger charge is 2.39. The zero-order valence-electron chi connectivity index (χ0n) is 22.3. The topological polar surface area (TPSA) is 38.9 Å². The molecule has 3 nitrogen and oxygen atoms in total. The predicted molar refractivity (Wildman–Crippen MR) is 163 cm³/mol. The molecule has 2 aromatic heterocycles. The molecule has 0 N–H and O–H groups in total. The van der Waals surface area contributed by atoms with Crippen LogP contribution in [0.3, 0.4) is 0 Å². The van der Waals surface area contributed by atoms with Crippen molar-refractivity contribution in [3.63, 3.8) is 0 Å². The maximum absolute atomic E-state index is 6.08. The molecule has 0 fully saturated rings. The standard InChI is InChI=1S/C37H26N2O/c1-37(2)30-17-8-6-16-28(30)35-33(37)34(38-36(39-35)23-11-4-3-5-12-23)26-14-10-13-24(21-26)25-19-20-32-29(22-25)27-15-7-9-18-31(27)40-32/h3-22H,1-2H3. The van der Waals surface area contributed by atoms with E-state index in [1.54, 1.807) is 0 Å². The van der Waals surface area contributed by atoms with E-state index >= 15 is 0 Å². The van der Waals surface area contributed by atoms with E-state index in [9.17, 15) is 0 Å². The van der Waals surface area contributed by atoms with E-state index in [0.717, 1.165) is 61.4 Å². The Hall–Kier alpha value is -5.02. The van der Waals surface area contributed by atoms with Crippen LogP contribution in [0.15, 0.2) is 126 Å². The summed E-state index contributed by atoms with van der Waals surface area (Å²) in [6, 6.07) is 42.3. The molecular weight excluding hydrogens is 488 g/mol. The number of benzene rings is 5. The lowest BCUT2D eigenvalue weighted by Crippen LogP contribution is -2.17. The monoisotopic (exact) mass is 514 g/mol. The van der Waals surface area contributed by atoms with E-state index in [1.165, 1.54) is 16.7 Å². The van der Waals surface area contributed by atoms with Crippen molar-refractivity contribution in [2.75, 3.05) is 0 Å². The van der Waals surface area contributed by atoms with Gasteiger partial charge in [-0.15, -0.1) is 0 Å². The van der Waals surface area contributed by atoms with Gasteiger partial charge in [0.05, 0.1) is 11.4 Å². The predicted octanol–water partition coefficient (Wildman–Crippen LogP) is 9.68. The van der Waals surface area contributed by atoms with Gasteiger partial charge in [0.15, 0.2) is 5.82 Å². The highest BCUT2D eigenvalue weighted by Crippen LogP contribution is 2.51. The van der Waals surface area contributed by atoms with E-state index in [4.69, 9.17) is 14.4 Å². The van der Waals surface area contributed by atoms with Crippen LogP contribution in [0.2, 0.25) is 0 Å². The van der Waals surface area contributed by atoms with Gasteiger partial charge in [0.1, 0.15) is 11.2 Å². The molecule has 0 unspecified atom stereocenters. The second-order valence-corrected chi connectivity index (χ2v) is 11.0. The first-order chi connectivity index (χ1) is 19.6. The Bertz CT molecular complexity index is 2090. The van der Waals surface area contributed by atoms with Gasteiger partial charge in [-0.05, 0) is 41.0 Å². The summed E-state index contributed by atoms with van der Waals surface area (Å²) in [6.07, 6.45) is 0. The maximum Gasteiger partial charge on any atom is 0.160 e. The van der Waals surface area contributed by atoms with Gasteiger partial charge in [-0.2, -0.15) is 0 Å². The molecule has 40 heavy (non-hydrogen) atoms. The van der Waals surface area contributed by atoms with Gasteiger partial charge in [-0.25, -0.2) is 9.97 Å². The Morgan fingerprint density at radius 1 is 0.525 bits per heavy atom. The Morgan fingerprint density at radius 3 is 2.10 bits per heavy atom. The Morgan fingerprint density at radius 2 is 1.20 bits per heavy atom. The number of nitrogens with zero attached hydrogens (tertiary/aromatic N) is 2. The number of fused-ring (bicyclic) bond motifs is 6. The minimum absolute atomic E-state index is 0.221. The summed E-state index contributed by atoms with van der Waals surface area (Å²) in [5.41, 5.74) is 11.7. The fourth-order valence-corrected chi connectivity index (χ4v) is 6.29. The molecule has 0 amide bonds. The number of aromatic nitrogens is 2. The zero-order valence-corrected chi connectivity index (χ0v) is 22.3. The average Bonchev–Trinajstić information content (AvgIpc) is 3.49. The van der Waals surface area contributed by atoms with Gasteiger partial charge < -0.3 is 4.42 Å². The minimum atomic E-state index is -0.221. The number of hydrogen-bond acceptors (Lipinski definition) is 3. The molecule has 0 saturated heterocycles. The lowest BCUT2D eigenvalue weighted by Gasteiger charge is -2.24. The van der Waals surface area contributed by atoms with Crippen LogP contribution in [-0.2, 0) is 5.41 Å². The molecule has 5 aromatic carbocycles. The van der Waals surface area contributed by atoms with Crippen LogP contribution in [0.25, 0.3) is 67.0 Å². The molecule has 0 spiro atoms. The minimum Gasteiger partial charge on any atom is -0.456 e. The normalized spacial score (nSPS) is 13.4. The van der Waals surface area contributed by atoms with Crippen LogP contribution >= 0.6 is 0 Å². The van der Waals surface area contributed by atoms with Crippen molar-refractivity contribution >= 4 is 21.9 Å². The van der Waals surface area contributed by atoms with Gasteiger partial charge in [0.2, 0.25) is 0 Å². The van der Waals surface area contributed by atoms with E-state index in [1.807, 2.05) is 30.3 Å². The molecule has 1 aliphatic rings. The largest absolute Gasteiger partial charge is 0.456 e. The number of furan rings is 1. The quantitative estimate of drug-likeness (QED) is 0.236. The van der Waals surface area contributed by atoms with Gasteiger partial charge >= 0.3 is 0 Å². The zero-order chi connectivity index (χ0) is 26.8. The molecule has 0 saturated carbocycles. The van der Waals surface area contributed by atoms with Crippen molar-refractivity contribution in [3.05, 3.63) is 132 Å². The van der Waals surface area contributed by atoms with Crippen LogP contribution in [0.4, 0.5) is 0 Å². The van der Waals surface area contributed by atoms with E-state index in [-0.39, 0.29) is 5.41 Å². The molecule has 0 atom stereocenters. The average molecular weight is 515 g/mol. The van der Waals surface area contributed by atoms with Gasteiger partial charge in [-0.1, -0.05) is 111 Å². The van der Waals surface area contributed by atoms with Crippen LogP contribution < -0.4 is 0 Å². The molecule has 1 aliphatic carbocycles. The molecule has 3 heteroatoms. The molecule has 0 aliphatic heterocycles. The smallest absolute Gasteiger partial charge is 0.160 e. The molecule has 2 heterocycles. The molecule has 0 bridgehead atoms. The third-order valence-corrected chi connectivity index (χ3v) is 8.27. The number of para-hydroxylation sites is 1. The van der Waals surface area contributed by atoms with Crippen molar-refractivity contribution in [1.29, 1.82) is 0 Å². The lowest BCUT2D eigenvalue weighted by molar-refractivity contribution is 0.658. The van der Waals surface area contributed by atoms with Crippen LogP contribution in [0.1, 0.15) is 25.0 Å². The van der Waals surface area contributed by atoms with E-state index < -0.39 is 0 Å². The number of hydrogen-bond donors (Lipinski definition) is 0. The summed E-state index contributed by atoms with van der Waals surface area (Å²) in [5.74, 6) is 0.749. The van der Waals surface area contributed by atoms with Crippen LogP contribution in [-0.4, -0.2) is 9.97 Å². The van der Waals surface area contributed by atoms with E-state index in [2.05, 4.69) is 105 Å². The fraction of sp³-hybridized carbons (Fsp3) is 0.0811.